The summed E-state index contributed by atoms with van der Waals surface area (Å²) in [5.41, 5.74) is 4.94. The molecule has 0 bridgehead atoms. The van der Waals surface area contributed by atoms with E-state index in [4.69, 9.17) is 4.74 Å². The number of rotatable bonds is 9. The van der Waals surface area contributed by atoms with E-state index in [1.54, 1.807) is 11.8 Å². The van der Waals surface area contributed by atoms with Crippen molar-refractivity contribution in [2.45, 2.75) is 56.4 Å². The molecule has 0 spiro atoms. The molecule has 6 nitrogen and oxygen atoms in total. The van der Waals surface area contributed by atoms with E-state index in [-0.39, 0.29) is 6.10 Å². The molecule has 0 radical (unpaired) electrons. The highest BCUT2D eigenvalue weighted by Gasteiger charge is 2.22. The van der Waals surface area contributed by atoms with Crippen LogP contribution in [0.2, 0.25) is 0 Å². The maximum atomic E-state index is 5.95. The van der Waals surface area contributed by atoms with Crippen LogP contribution >= 0.6 is 11.8 Å². The number of nitrogens with zero attached hydrogens (tertiary/aromatic N) is 5. The summed E-state index contributed by atoms with van der Waals surface area (Å²) in [5.74, 6) is 1.88. The first-order valence-electron chi connectivity index (χ1n) is 11.9. The third-order valence-electron chi connectivity index (χ3n) is 6.35. The molecule has 1 aliphatic rings. The maximum absolute atomic E-state index is 5.95. The number of hydrogen-bond donors (Lipinski definition) is 0. The van der Waals surface area contributed by atoms with Gasteiger partial charge in [0.1, 0.15) is 5.82 Å². The van der Waals surface area contributed by atoms with Gasteiger partial charge in [-0.1, -0.05) is 48.2 Å². The SMILES string of the molecule is Cc1ccccc1CSc1nnc(CN(C)Cc2ccc3ncccc3c2)n1CC1CCCO1. The molecular weight excluding hydrogens is 442 g/mol. The van der Waals surface area contributed by atoms with Gasteiger partial charge in [-0.3, -0.25) is 9.88 Å². The Labute approximate surface area is 205 Å². The molecule has 2 aromatic heterocycles. The molecule has 5 rings (SSSR count). The summed E-state index contributed by atoms with van der Waals surface area (Å²) in [6, 6.07) is 19.1. The van der Waals surface area contributed by atoms with Gasteiger partial charge in [0.05, 0.1) is 24.7 Å². The zero-order valence-corrected chi connectivity index (χ0v) is 20.7. The molecule has 1 aliphatic heterocycles. The van der Waals surface area contributed by atoms with Crippen LogP contribution in [0.4, 0.5) is 0 Å². The number of ether oxygens (including phenoxy) is 1. The van der Waals surface area contributed by atoms with E-state index in [9.17, 15) is 0 Å². The maximum Gasteiger partial charge on any atom is 0.191 e. The molecular formula is C27H31N5OS. The Balaban J connectivity index is 1.31. The van der Waals surface area contributed by atoms with E-state index in [0.29, 0.717) is 0 Å². The van der Waals surface area contributed by atoms with Crippen molar-refractivity contribution in [1.29, 1.82) is 0 Å². The zero-order valence-electron chi connectivity index (χ0n) is 19.9. The third-order valence-corrected chi connectivity index (χ3v) is 7.37. The smallest absolute Gasteiger partial charge is 0.191 e. The first-order valence-corrected chi connectivity index (χ1v) is 12.9. The summed E-state index contributed by atoms with van der Waals surface area (Å²) in [4.78, 5) is 6.72. The summed E-state index contributed by atoms with van der Waals surface area (Å²) in [7, 11) is 2.14. The predicted molar refractivity (Wildman–Crippen MR) is 137 cm³/mol. The van der Waals surface area contributed by atoms with Crippen molar-refractivity contribution in [2.75, 3.05) is 13.7 Å². The van der Waals surface area contributed by atoms with Crippen LogP contribution in [-0.2, 0) is 30.1 Å². The number of benzene rings is 2. The second-order valence-corrected chi connectivity index (χ2v) is 10.0. The topological polar surface area (TPSA) is 56.1 Å². The van der Waals surface area contributed by atoms with Gasteiger partial charge in [-0.15, -0.1) is 10.2 Å². The fourth-order valence-corrected chi connectivity index (χ4v) is 5.51. The fourth-order valence-electron chi connectivity index (χ4n) is 4.46. The average Bonchev–Trinajstić information content (AvgIpc) is 3.49. The molecule has 0 N–H and O–H groups in total. The molecule has 1 saturated heterocycles. The molecule has 1 fully saturated rings. The summed E-state index contributed by atoms with van der Waals surface area (Å²) in [5, 5.41) is 11.3. The molecule has 0 saturated carbocycles. The van der Waals surface area contributed by atoms with Crippen molar-refractivity contribution in [3.63, 3.8) is 0 Å². The van der Waals surface area contributed by atoms with Crippen molar-refractivity contribution in [3.8, 4) is 0 Å². The van der Waals surface area contributed by atoms with Gasteiger partial charge in [-0.05, 0) is 61.7 Å². The number of fused-ring (bicyclic) bond motifs is 1. The van der Waals surface area contributed by atoms with Crippen molar-refractivity contribution < 1.29 is 4.74 Å². The van der Waals surface area contributed by atoms with E-state index >= 15 is 0 Å². The number of aromatic nitrogens is 4. The van der Waals surface area contributed by atoms with Crippen molar-refractivity contribution in [3.05, 3.63) is 83.3 Å². The largest absolute Gasteiger partial charge is 0.376 e. The Hall–Kier alpha value is -2.74. The van der Waals surface area contributed by atoms with E-state index in [1.807, 2.05) is 12.3 Å². The number of pyridine rings is 1. The van der Waals surface area contributed by atoms with Crippen LogP contribution in [0.15, 0.2) is 66.0 Å². The molecule has 0 amide bonds. The Kier molecular flexibility index (Phi) is 7.23. The van der Waals surface area contributed by atoms with Crippen LogP contribution in [0.25, 0.3) is 10.9 Å². The van der Waals surface area contributed by atoms with Gasteiger partial charge < -0.3 is 9.30 Å². The quantitative estimate of drug-likeness (QED) is 0.310. The highest BCUT2D eigenvalue weighted by molar-refractivity contribution is 7.98. The summed E-state index contributed by atoms with van der Waals surface area (Å²) in [6.45, 7) is 5.40. The molecule has 1 unspecified atom stereocenters. The lowest BCUT2D eigenvalue weighted by Gasteiger charge is -2.19. The van der Waals surface area contributed by atoms with E-state index < -0.39 is 0 Å². The average molecular weight is 474 g/mol. The Morgan fingerprint density at radius 1 is 1.09 bits per heavy atom. The number of hydrogen-bond acceptors (Lipinski definition) is 6. The van der Waals surface area contributed by atoms with Crippen molar-refractivity contribution >= 4 is 22.7 Å². The zero-order chi connectivity index (χ0) is 23.3. The van der Waals surface area contributed by atoms with Crippen LogP contribution in [0.5, 0.6) is 0 Å². The van der Waals surface area contributed by atoms with Gasteiger partial charge >= 0.3 is 0 Å². The molecule has 7 heteroatoms. The fraction of sp³-hybridized carbons (Fsp3) is 0.370. The van der Waals surface area contributed by atoms with E-state index in [2.05, 4.69) is 87.2 Å². The third kappa shape index (κ3) is 5.49. The van der Waals surface area contributed by atoms with Crippen molar-refractivity contribution in [2.24, 2.45) is 0 Å². The van der Waals surface area contributed by atoms with Gasteiger partial charge in [0.2, 0.25) is 0 Å². The summed E-state index contributed by atoms with van der Waals surface area (Å²) in [6.07, 6.45) is 4.31. The minimum absolute atomic E-state index is 0.242. The monoisotopic (exact) mass is 473 g/mol. The first kappa shape index (κ1) is 23.0. The highest BCUT2D eigenvalue weighted by atomic mass is 32.2. The molecule has 34 heavy (non-hydrogen) atoms. The molecule has 176 valence electrons. The Bertz CT molecular complexity index is 1250. The lowest BCUT2D eigenvalue weighted by molar-refractivity contribution is 0.0934. The lowest BCUT2D eigenvalue weighted by atomic mass is 10.1. The molecule has 0 aliphatic carbocycles. The Morgan fingerprint density at radius 2 is 2.00 bits per heavy atom. The molecule has 1 atom stereocenters. The number of aryl methyl sites for hydroxylation is 1. The normalized spacial score (nSPS) is 16.0. The van der Waals surface area contributed by atoms with Crippen LogP contribution in [0, 0.1) is 6.92 Å². The number of thioether (sulfide) groups is 1. The van der Waals surface area contributed by atoms with E-state index in [0.717, 1.165) is 61.3 Å². The molecule has 3 heterocycles. The van der Waals surface area contributed by atoms with Gasteiger partial charge in [0, 0.05) is 30.5 Å². The van der Waals surface area contributed by atoms with Crippen LogP contribution in [-0.4, -0.2) is 44.4 Å². The van der Waals surface area contributed by atoms with Crippen LogP contribution < -0.4 is 0 Å². The first-order chi connectivity index (χ1) is 16.7. The molecule has 4 aromatic rings. The second kappa shape index (κ2) is 10.7. The van der Waals surface area contributed by atoms with Crippen molar-refractivity contribution in [1.82, 2.24) is 24.6 Å². The predicted octanol–water partition coefficient (Wildman–Crippen LogP) is 5.24. The lowest BCUT2D eigenvalue weighted by Crippen LogP contribution is -2.23. The van der Waals surface area contributed by atoms with Gasteiger partial charge in [-0.2, -0.15) is 0 Å². The molecule has 2 aromatic carbocycles. The minimum Gasteiger partial charge on any atom is -0.376 e. The minimum atomic E-state index is 0.242. The second-order valence-electron chi connectivity index (χ2n) is 9.06. The van der Waals surface area contributed by atoms with Gasteiger partial charge in [-0.25, -0.2) is 0 Å². The van der Waals surface area contributed by atoms with Crippen LogP contribution in [0.3, 0.4) is 0 Å². The van der Waals surface area contributed by atoms with Gasteiger partial charge in [0.25, 0.3) is 0 Å². The highest BCUT2D eigenvalue weighted by Crippen LogP contribution is 2.26. The summed E-state index contributed by atoms with van der Waals surface area (Å²) < 4.78 is 8.23. The van der Waals surface area contributed by atoms with Gasteiger partial charge in [0.15, 0.2) is 5.16 Å². The van der Waals surface area contributed by atoms with Crippen LogP contribution in [0.1, 0.15) is 35.4 Å². The van der Waals surface area contributed by atoms with E-state index in [1.165, 1.54) is 22.1 Å². The summed E-state index contributed by atoms with van der Waals surface area (Å²) >= 11 is 1.76. The standard InChI is InChI=1S/C27H31N5OS/c1-20-7-3-4-8-23(20)19-34-27-30-29-26(32(27)17-24-10-6-14-33-24)18-31(2)16-21-11-12-25-22(15-21)9-5-13-28-25/h3-5,7-9,11-13,15,24H,6,10,14,16-19H2,1-2H3. The Morgan fingerprint density at radius 3 is 2.85 bits per heavy atom.